The Kier molecular flexibility index (Phi) is 5.83. The van der Waals surface area contributed by atoms with E-state index in [0.717, 1.165) is 12.1 Å². The van der Waals surface area contributed by atoms with Crippen LogP contribution in [0.4, 0.5) is 18.0 Å². The molecule has 0 radical (unpaired) electrons. The van der Waals surface area contributed by atoms with Crippen LogP contribution in [0.15, 0.2) is 42.7 Å². The lowest BCUT2D eigenvalue weighted by molar-refractivity contribution is -0.137. The highest BCUT2D eigenvalue weighted by atomic mass is 19.4. The van der Waals surface area contributed by atoms with Crippen LogP contribution in [0.2, 0.25) is 0 Å². The molecule has 130 valence electrons. The first kappa shape index (κ1) is 17.8. The number of carbonyl (C=O) groups excluding carboxylic acids is 1. The maximum absolute atomic E-state index is 12.7. The first-order valence-corrected chi connectivity index (χ1v) is 7.49. The number of nitrogens with zero attached hydrogens (tertiary/aromatic N) is 3. The number of nitrogens with one attached hydrogen (secondary N) is 1. The minimum Gasteiger partial charge on any atom is -0.338 e. The summed E-state index contributed by atoms with van der Waals surface area (Å²) in [5.41, 5.74) is -0.285. The average Bonchev–Trinajstić information content (AvgIpc) is 3.04. The van der Waals surface area contributed by atoms with E-state index in [1.807, 2.05) is 12.3 Å². The molecule has 0 unspecified atom stereocenters. The van der Waals surface area contributed by atoms with E-state index in [2.05, 4.69) is 10.4 Å². The van der Waals surface area contributed by atoms with Crippen molar-refractivity contribution in [3.8, 4) is 0 Å². The molecule has 2 amide bonds. The van der Waals surface area contributed by atoms with Crippen LogP contribution in [0.5, 0.6) is 0 Å². The summed E-state index contributed by atoms with van der Waals surface area (Å²) in [6, 6.07) is 6.47. The number of carbonyl (C=O) groups is 1. The zero-order chi connectivity index (χ0) is 17.6. The molecule has 24 heavy (non-hydrogen) atoms. The van der Waals surface area contributed by atoms with Gasteiger partial charge in [0.2, 0.25) is 0 Å². The van der Waals surface area contributed by atoms with Crippen LogP contribution < -0.4 is 5.32 Å². The quantitative estimate of drug-likeness (QED) is 0.822. The number of halogens is 3. The van der Waals surface area contributed by atoms with Crippen LogP contribution in [0, 0.1) is 0 Å². The lowest BCUT2D eigenvalue weighted by Crippen LogP contribution is -2.37. The fourth-order valence-corrected chi connectivity index (χ4v) is 2.20. The van der Waals surface area contributed by atoms with Gasteiger partial charge in [-0.15, -0.1) is 0 Å². The van der Waals surface area contributed by atoms with Crippen LogP contribution >= 0.6 is 0 Å². The summed E-state index contributed by atoms with van der Waals surface area (Å²) in [4.78, 5) is 13.3. The second-order valence-electron chi connectivity index (χ2n) is 5.41. The zero-order valence-electron chi connectivity index (χ0n) is 13.3. The van der Waals surface area contributed by atoms with Gasteiger partial charge in [-0.3, -0.25) is 4.68 Å². The normalized spacial score (nSPS) is 11.3. The molecular weight excluding hydrogens is 321 g/mol. The molecule has 0 aliphatic carbocycles. The van der Waals surface area contributed by atoms with E-state index >= 15 is 0 Å². The van der Waals surface area contributed by atoms with Gasteiger partial charge in [0.25, 0.3) is 0 Å². The Morgan fingerprint density at radius 2 is 2.12 bits per heavy atom. The minimum atomic E-state index is -4.39. The first-order valence-electron chi connectivity index (χ1n) is 7.49. The molecule has 8 heteroatoms. The second-order valence-corrected chi connectivity index (χ2v) is 5.41. The highest BCUT2D eigenvalue weighted by molar-refractivity contribution is 5.73. The van der Waals surface area contributed by atoms with Crippen molar-refractivity contribution in [1.29, 1.82) is 0 Å². The number of aryl methyl sites for hydroxylation is 1. The van der Waals surface area contributed by atoms with E-state index in [1.54, 1.807) is 24.0 Å². The molecule has 2 aromatic rings. The van der Waals surface area contributed by atoms with Crippen molar-refractivity contribution < 1.29 is 18.0 Å². The van der Waals surface area contributed by atoms with Gasteiger partial charge in [-0.1, -0.05) is 12.1 Å². The monoisotopic (exact) mass is 340 g/mol. The summed E-state index contributed by atoms with van der Waals surface area (Å²) in [5, 5.41) is 6.79. The Bertz CT molecular complexity index is 656. The van der Waals surface area contributed by atoms with Gasteiger partial charge in [-0.25, -0.2) is 4.79 Å². The highest BCUT2D eigenvalue weighted by Gasteiger charge is 2.30. The fourth-order valence-electron chi connectivity index (χ4n) is 2.20. The van der Waals surface area contributed by atoms with E-state index in [1.165, 1.54) is 11.0 Å². The van der Waals surface area contributed by atoms with Crippen LogP contribution in [0.3, 0.4) is 0 Å². The summed E-state index contributed by atoms with van der Waals surface area (Å²) in [5.74, 6) is 0. The van der Waals surface area contributed by atoms with Gasteiger partial charge in [0, 0.05) is 39.1 Å². The van der Waals surface area contributed by atoms with E-state index in [0.29, 0.717) is 25.1 Å². The molecule has 0 saturated heterocycles. The molecule has 5 nitrogen and oxygen atoms in total. The maximum Gasteiger partial charge on any atom is 0.416 e. The highest BCUT2D eigenvalue weighted by Crippen LogP contribution is 2.29. The molecule has 2 rings (SSSR count). The number of hydrogen-bond acceptors (Lipinski definition) is 2. The number of benzene rings is 1. The zero-order valence-corrected chi connectivity index (χ0v) is 13.3. The van der Waals surface area contributed by atoms with Crippen LogP contribution in [0.1, 0.15) is 17.5 Å². The van der Waals surface area contributed by atoms with E-state index in [-0.39, 0.29) is 12.6 Å². The Morgan fingerprint density at radius 1 is 1.33 bits per heavy atom. The van der Waals surface area contributed by atoms with Gasteiger partial charge in [0.1, 0.15) is 0 Å². The summed E-state index contributed by atoms with van der Waals surface area (Å²) in [6.07, 6.45) is -0.156. The lowest BCUT2D eigenvalue weighted by atomic mass is 10.1. The number of urea groups is 1. The molecule has 1 aromatic carbocycles. The molecule has 1 heterocycles. The molecule has 1 aromatic heterocycles. The van der Waals surface area contributed by atoms with Crippen molar-refractivity contribution in [3.05, 3.63) is 53.9 Å². The summed E-state index contributed by atoms with van der Waals surface area (Å²) < 4.78 is 39.8. The van der Waals surface area contributed by atoms with Crippen LogP contribution in [-0.2, 0) is 19.3 Å². The third-order valence-corrected chi connectivity index (χ3v) is 3.42. The average molecular weight is 340 g/mol. The molecule has 0 spiro atoms. The van der Waals surface area contributed by atoms with Crippen molar-refractivity contribution in [2.24, 2.45) is 0 Å². The summed E-state index contributed by atoms with van der Waals surface area (Å²) >= 11 is 0. The minimum absolute atomic E-state index is 0.106. The topological polar surface area (TPSA) is 50.2 Å². The van der Waals surface area contributed by atoms with Gasteiger partial charge < -0.3 is 10.2 Å². The van der Waals surface area contributed by atoms with Crippen molar-refractivity contribution in [2.45, 2.75) is 25.7 Å². The second kappa shape index (κ2) is 7.85. The Hall–Kier alpha value is -2.51. The van der Waals surface area contributed by atoms with E-state index in [9.17, 15) is 18.0 Å². The van der Waals surface area contributed by atoms with Crippen molar-refractivity contribution in [2.75, 3.05) is 13.6 Å². The number of hydrogen-bond donors (Lipinski definition) is 1. The molecule has 0 bridgehead atoms. The van der Waals surface area contributed by atoms with Crippen LogP contribution in [0.25, 0.3) is 0 Å². The molecule has 0 aliphatic rings. The fraction of sp³-hybridized carbons (Fsp3) is 0.375. The SMILES string of the molecule is CN(Cc1cccc(C(F)(F)F)c1)C(=O)NCCCn1cccn1. The maximum atomic E-state index is 12.7. The van der Waals surface area contributed by atoms with E-state index in [4.69, 9.17) is 0 Å². The summed E-state index contributed by atoms with van der Waals surface area (Å²) in [7, 11) is 1.54. The Balaban J connectivity index is 1.79. The molecule has 0 fully saturated rings. The third kappa shape index (κ3) is 5.29. The number of aromatic nitrogens is 2. The molecule has 0 saturated carbocycles. The van der Waals surface area contributed by atoms with Gasteiger partial charge in [-0.2, -0.15) is 18.3 Å². The third-order valence-electron chi connectivity index (χ3n) is 3.42. The van der Waals surface area contributed by atoms with Crippen molar-refractivity contribution in [3.63, 3.8) is 0 Å². The predicted octanol–water partition coefficient (Wildman–Crippen LogP) is 3.13. The van der Waals surface area contributed by atoms with Crippen LogP contribution in [-0.4, -0.2) is 34.3 Å². The smallest absolute Gasteiger partial charge is 0.338 e. The van der Waals surface area contributed by atoms with Crippen molar-refractivity contribution in [1.82, 2.24) is 20.0 Å². The van der Waals surface area contributed by atoms with Gasteiger partial charge in [0.15, 0.2) is 0 Å². The Morgan fingerprint density at radius 3 is 2.79 bits per heavy atom. The van der Waals surface area contributed by atoms with Crippen molar-refractivity contribution >= 4 is 6.03 Å². The Labute approximate surface area is 138 Å². The molecular formula is C16H19F3N4O. The number of rotatable bonds is 6. The van der Waals surface area contributed by atoms with Gasteiger partial charge in [-0.05, 0) is 30.2 Å². The molecule has 0 atom stereocenters. The summed E-state index contributed by atoms with van der Waals surface area (Å²) in [6.45, 7) is 1.26. The molecule has 0 aliphatic heterocycles. The predicted molar refractivity (Wildman–Crippen MR) is 83.2 cm³/mol. The largest absolute Gasteiger partial charge is 0.416 e. The first-order chi connectivity index (χ1) is 11.4. The lowest BCUT2D eigenvalue weighted by Gasteiger charge is -2.19. The van der Waals surface area contributed by atoms with Gasteiger partial charge in [0.05, 0.1) is 5.56 Å². The molecule has 1 N–H and O–H groups in total. The van der Waals surface area contributed by atoms with Gasteiger partial charge >= 0.3 is 12.2 Å². The number of alkyl halides is 3. The standard InChI is InChI=1S/C16H19F3N4O/c1-22(12-13-5-2-6-14(11-13)16(17,18)19)15(24)20-7-3-9-23-10-4-8-21-23/h2,4-6,8,10-11H,3,7,9,12H2,1H3,(H,20,24). The van der Waals surface area contributed by atoms with E-state index < -0.39 is 11.7 Å². The number of amides is 2.